The number of imidazole rings is 1. The lowest BCUT2D eigenvalue weighted by Gasteiger charge is -2.09. The molecular formula is C16H13FN6O2. The number of anilines is 1. The van der Waals surface area contributed by atoms with Gasteiger partial charge in [0.2, 0.25) is 5.88 Å². The van der Waals surface area contributed by atoms with E-state index in [0.717, 1.165) is 5.56 Å². The molecule has 0 atom stereocenters. The van der Waals surface area contributed by atoms with Crippen LogP contribution in [0, 0.1) is 5.82 Å². The maximum atomic E-state index is 14.5. The zero-order valence-corrected chi connectivity index (χ0v) is 13.2. The summed E-state index contributed by atoms with van der Waals surface area (Å²) in [6, 6.07) is 8.26. The maximum absolute atomic E-state index is 14.5. The maximum Gasteiger partial charge on any atom is 0.213 e. The number of ether oxygens (including phenoxy) is 1. The molecule has 1 aromatic carbocycles. The van der Waals surface area contributed by atoms with E-state index in [1.165, 1.54) is 13.2 Å². The summed E-state index contributed by atoms with van der Waals surface area (Å²) in [4.78, 5) is 8.52. The molecule has 3 aromatic heterocycles. The lowest BCUT2D eigenvalue weighted by atomic mass is 10.2. The molecule has 0 saturated heterocycles. The Morgan fingerprint density at radius 1 is 1.28 bits per heavy atom. The second-order valence-electron chi connectivity index (χ2n) is 5.33. The van der Waals surface area contributed by atoms with Crippen molar-refractivity contribution in [2.45, 2.75) is 6.54 Å². The van der Waals surface area contributed by atoms with E-state index >= 15 is 0 Å². The largest absolute Gasteiger partial charge is 0.481 e. The molecule has 0 radical (unpaired) electrons. The number of nitrogens with two attached hydrogens (primary N) is 1. The Bertz CT molecular complexity index is 1060. The molecular weight excluding hydrogens is 327 g/mol. The molecule has 0 aliphatic rings. The van der Waals surface area contributed by atoms with Crippen LogP contribution in [-0.2, 0) is 6.54 Å². The van der Waals surface area contributed by atoms with Crippen LogP contribution in [0.3, 0.4) is 0 Å². The number of rotatable bonds is 4. The summed E-state index contributed by atoms with van der Waals surface area (Å²) in [6.07, 6.45) is 1.62. The van der Waals surface area contributed by atoms with Gasteiger partial charge in [0.1, 0.15) is 11.3 Å². The molecule has 0 aliphatic heterocycles. The van der Waals surface area contributed by atoms with E-state index in [-0.39, 0.29) is 11.5 Å². The first-order chi connectivity index (χ1) is 12.2. The van der Waals surface area contributed by atoms with Crippen LogP contribution in [0.15, 0.2) is 41.2 Å². The minimum absolute atomic E-state index is 0.0873. The number of para-hydroxylation sites is 1. The molecule has 0 aliphatic carbocycles. The molecule has 4 rings (SSSR count). The number of aromatic nitrogens is 5. The van der Waals surface area contributed by atoms with Crippen molar-refractivity contribution in [1.29, 1.82) is 0 Å². The van der Waals surface area contributed by atoms with Gasteiger partial charge < -0.3 is 15.0 Å². The van der Waals surface area contributed by atoms with Crippen molar-refractivity contribution in [3.05, 3.63) is 47.9 Å². The monoisotopic (exact) mass is 340 g/mol. The zero-order chi connectivity index (χ0) is 17.4. The Labute approximate surface area is 141 Å². The molecule has 25 heavy (non-hydrogen) atoms. The quantitative estimate of drug-likeness (QED) is 0.607. The highest BCUT2D eigenvalue weighted by Crippen LogP contribution is 2.29. The summed E-state index contributed by atoms with van der Waals surface area (Å²) >= 11 is 0. The van der Waals surface area contributed by atoms with Gasteiger partial charge in [0.25, 0.3) is 0 Å². The lowest BCUT2D eigenvalue weighted by molar-refractivity contribution is 0.310. The molecule has 0 unspecified atom stereocenters. The van der Waals surface area contributed by atoms with Crippen molar-refractivity contribution in [2.24, 2.45) is 0 Å². The third-order valence-corrected chi connectivity index (χ3v) is 3.79. The number of benzene rings is 1. The van der Waals surface area contributed by atoms with Gasteiger partial charge in [-0.25, -0.2) is 19.0 Å². The van der Waals surface area contributed by atoms with E-state index < -0.39 is 5.82 Å². The summed E-state index contributed by atoms with van der Waals surface area (Å²) < 4.78 is 25.9. The van der Waals surface area contributed by atoms with Crippen LogP contribution in [-0.4, -0.2) is 32.0 Å². The Morgan fingerprint density at radius 2 is 2.16 bits per heavy atom. The van der Waals surface area contributed by atoms with Gasteiger partial charge in [-0.3, -0.25) is 0 Å². The standard InChI is InChI=1S/C16H13FN6O2/c1-24-12-7-9(5-6-19-12)8-23-14-10(17)3-2-4-11(14)20-16(23)13-15(18)22-25-21-13/h2-7H,8H2,1H3,(H2,18,22). The normalized spacial score (nSPS) is 11.1. The Hall–Kier alpha value is -3.49. The van der Waals surface area contributed by atoms with E-state index in [4.69, 9.17) is 10.5 Å². The molecule has 0 bridgehead atoms. The van der Waals surface area contributed by atoms with Crippen LogP contribution in [0.2, 0.25) is 0 Å². The summed E-state index contributed by atoms with van der Waals surface area (Å²) in [5, 5.41) is 7.37. The molecule has 2 N–H and O–H groups in total. The van der Waals surface area contributed by atoms with Crippen LogP contribution in [0.1, 0.15) is 5.56 Å². The van der Waals surface area contributed by atoms with Gasteiger partial charge >= 0.3 is 0 Å². The smallest absolute Gasteiger partial charge is 0.213 e. The molecule has 0 fully saturated rings. The number of hydrogen-bond acceptors (Lipinski definition) is 7. The summed E-state index contributed by atoms with van der Waals surface area (Å²) in [7, 11) is 1.53. The molecule has 4 aromatic rings. The fourth-order valence-corrected chi connectivity index (χ4v) is 2.67. The Balaban J connectivity index is 1.92. The highest BCUT2D eigenvalue weighted by atomic mass is 19.1. The molecule has 0 amide bonds. The number of methoxy groups -OCH3 is 1. The van der Waals surface area contributed by atoms with E-state index in [9.17, 15) is 4.39 Å². The van der Waals surface area contributed by atoms with Crippen molar-refractivity contribution in [3.8, 4) is 17.4 Å². The van der Waals surface area contributed by atoms with Crippen molar-refractivity contribution in [1.82, 2.24) is 24.8 Å². The molecule has 3 heterocycles. The fraction of sp³-hybridized carbons (Fsp3) is 0.125. The SMILES string of the molecule is COc1cc(Cn2c(-c3nonc3N)nc3cccc(F)c32)ccn1. The molecule has 0 saturated carbocycles. The Morgan fingerprint density at radius 3 is 2.92 bits per heavy atom. The van der Waals surface area contributed by atoms with Crippen LogP contribution < -0.4 is 10.5 Å². The third kappa shape index (κ3) is 2.55. The number of pyridine rings is 1. The summed E-state index contributed by atoms with van der Waals surface area (Å²) in [5.41, 5.74) is 7.74. The molecule has 9 heteroatoms. The van der Waals surface area contributed by atoms with E-state index in [2.05, 4.69) is 24.9 Å². The summed E-state index contributed by atoms with van der Waals surface area (Å²) in [5.74, 6) is 0.526. The second-order valence-corrected chi connectivity index (χ2v) is 5.33. The lowest BCUT2D eigenvalue weighted by Crippen LogP contribution is -2.05. The first-order valence-electron chi connectivity index (χ1n) is 7.39. The van der Waals surface area contributed by atoms with Crippen molar-refractivity contribution in [3.63, 3.8) is 0 Å². The number of nitrogen functional groups attached to an aromatic ring is 1. The van der Waals surface area contributed by atoms with Crippen molar-refractivity contribution >= 4 is 16.9 Å². The van der Waals surface area contributed by atoms with Crippen LogP contribution in [0.5, 0.6) is 5.88 Å². The van der Waals surface area contributed by atoms with Crippen LogP contribution in [0.25, 0.3) is 22.6 Å². The number of nitrogens with zero attached hydrogens (tertiary/aromatic N) is 5. The van der Waals surface area contributed by atoms with Gasteiger partial charge in [0, 0.05) is 12.3 Å². The minimum atomic E-state index is -0.396. The van der Waals surface area contributed by atoms with E-state index in [0.29, 0.717) is 29.3 Å². The molecule has 126 valence electrons. The predicted octanol–water partition coefficient (Wildman–Crippen LogP) is 2.26. The Kier molecular flexibility index (Phi) is 3.53. The average molecular weight is 340 g/mol. The highest BCUT2D eigenvalue weighted by molar-refractivity contribution is 5.82. The average Bonchev–Trinajstić information content (AvgIpc) is 3.19. The van der Waals surface area contributed by atoms with Gasteiger partial charge in [-0.2, -0.15) is 0 Å². The predicted molar refractivity (Wildman–Crippen MR) is 87.3 cm³/mol. The van der Waals surface area contributed by atoms with Crippen LogP contribution >= 0.6 is 0 Å². The molecule has 0 spiro atoms. The molecule has 8 nitrogen and oxygen atoms in total. The first kappa shape index (κ1) is 15.1. The first-order valence-corrected chi connectivity index (χ1v) is 7.39. The van der Waals surface area contributed by atoms with Crippen LogP contribution in [0.4, 0.5) is 10.2 Å². The fourth-order valence-electron chi connectivity index (χ4n) is 2.67. The zero-order valence-electron chi connectivity index (χ0n) is 13.2. The van der Waals surface area contributed by atoms with Crippen molar-refractivity contribution < 1.29 is 13.8 Å². The number of halogens is 1. The minimum Gasteiger partial charge on any atom is -0.481 e. The third-order valence-electron chi connectivity index (χ3n) is 3.79. The van der Waals surface area contributed by atoms with Gasteiger partial charge in [-0.05, 0) is 34.1 Å². The van der Waals surface area contributed by atoms with Gasteiger partial charge in [-0.1, -0.05) is 6.07 Å². The van der Waals surface area contributed by atoms with Gasteiger partial charge in [-0.15, -0.1) is 0 Å². The second kappa shape index (κ2) is 5.86. The van der Waals surface area contributed by atoms with E-state index in [1.54, 1.807) is 29.0 Å². The topological polar surface area (TPSA) is 105 Å². The number of fused-ring (bicyclic) bond motifs is 1. The van der Waals surface area contributed by atoms with E-state index in [1.807, 2.05) is 6.07 Å². The van der Waals surface area contributed by atoms with Gasteiger partial charge in [0.05, 0.1) is 19.2 Å². The number of hydrogen-bond donors (Lipinski definition) is 1. The summed E-state index contributed by atoms with van der Waals surface area (Å²) in [6.45, 7) is 0.317. The van der Waals surface area contributed by atoms with Gasteiger partial charge in [0.15, 0.2) is 17.3 Å². The van der Waals surface area contributed by atoms with Crippen molar-refractivity contribution in [2.75, 3.05) is 12.8 Å². The highest BCUT2D eigenvalue weighted by Gasteiger charge is 2.21.